The van der Waals surface area contributed by atoms with Crippen molar-refractivity contribution in [3.63, 3.8) is 0 Å². The van der Waals surface area contributed by atoms with Crippen molar-refractivity contribution in [1.82, 2.24) is 0 Å². The van der Waals surface area contributed by atoms with Crippen LogP contribution >= 0.6 is 11.3 Å². The summed E-state index contributed by atoms with van der Waals surface area (Å²) in [6.45, 7) is 4.67. The second-order valence-corrected chi connectivity index (χ2v) is 10.8. The molecule has 4 aliphatic carbocycles. The van der Waals surface area contributed by atoms with Crippen molar-refractivity contribution in [2.24, 2.45) is 23.7 Å². The zero-order valence-electron chi connectivity index (χ0n) is 16.7. The molecule has 1 unspecified atom stereocenters. The predicted octanol–water partition coefficient (Wildman–Crippen LogP) is 7.04. The minimum Gasteiger partial charge on any atom is -0.458 e. The van der Waals surface area contributed by atoms with E-state index in [0.717, 1.165) is 29.3 Å². The summed E-state index contributed by atoms with van der Waals surface area (Å²) >= 11 is 1.90. The Balaban J connectivity index is 1.55. The number of thiophene rings is 1. The van der Waals surface area contributed by atoms with Gasteiger partial charge >= 0.3 is 0 Å². The molecule has 3 heteroatoms. The van der Waals surface area contributed by atoms with Gasteiger partial charge in [-0.25, -0.2) is 0 Å². The third-order valence-corrected chi connectivity index (χ3v) is 9.56. The molecule has 1 atom stereocenters. The van der Waals surface area contributed by atoms with Crippen LogP contribution in [0.1, 0.15) is 62.0 Å². The SMILES string of the molecule is Cc1ccccc1N1C(C)c2oc3ccsc3c2C12C1CC3CC(C1)CC2C3. The summed E-state index contributed by atoms with van der Waals surface area (Å²) in [6.07, 6.45) is 7.16. The van der Waals surface area contributed by atoms with Crippen molar-refractivity contribution in [3.05, 3.63) is 52.6 Å². The summed E-state index contributed by atoms with van der Waals surface area (Å²) in [7, 11) is 0. The second-order valence-electron chi connectivity index (χ2n) is 9.92. The van der Waals surface area contributed by atoms with Gasteiger partial charge in [0.1, 0.15) is 11.3 Å². The first-order chi connectivity index (χ1) is 13.7. The van der Waals surface area contributed by atoms with Gasteiger partial charge in [0.15, 0.2) is 0 Å². The molecule has 2 aromatic heterocycles. The van der Waals surface area contributed by atoms with Crippen LogP contribution in [-0.4, -0.2) is 0 Å². The first kappa shape index (κ1) is 16.1. The van der Waals surface area contributed by atoms with Gasteiger partial charge in [0.2, 0.25) is 0 Å². The van der Waals surface area contributed by atoms with Crippen molar-refractivity contribution in [2.75, 3.05) is 4.90 Å². The lowest BCUT2D eigenvalue weighted by Gasteiger charge is -2.63. The van der Waals surface area contributed by atoms with Gasteiger partial charge in [-0.2, -0.15) is 0 Å². The zero-order valence-corrected chi connectivity index (χ0v) is 17.5. The predicted molar refractivity (Wildman–Crippen MR) is 115 cm³/mol. The van der Waals surface area contributed by atoms with Crippen molar-refractivity contribution in [2.45, 2.75) is 57.5 Å². The number of anilines is 1. The quantitative estimate of drug-likeness (QED) is 0.444. The standard InChI is InChI=1S/C25H27NOS/c1-14-5-3-4-6-20(14)26-15(2)23-22(24-21(27-23)7-8-28-24)25(26)18-10-16-9-17(12-18)13-19(25)11-16/h3-8,15-19H,9-13H2,1-2H3. The van der Waals surface area contributed by atoms with Crippen LogP contribution in [0.25, 0.3) is 10.3 Å². The van der Waals surface area contributed by atoms with Crippen molar-refractivity contribution >= 4 is 27.3 Å². The zero-order chi connectivity index (χ0) is 18.6. The molecule has 28 heavy (non-hydrogen) atoms. The summed E-state index contributed by atoms with van der Waals surface area (Å²) in [4.78, 5) is 2.84. The molecule has 0 saturated heterocycles. The van der Waals surface area contributed by atoms with Gasteiger partial charge in [0.05, 0.1) is 16.3 Å². The summed E-state index contributed by atoms with van der Waals surface area (Å²) in [5.74, 6) is 4.75. The van der Waals surface area contributed by atoms with Crippen LogP contribution in [0.2, 0.25) is 0 Å². The van der Waals surface area contributed by atoms with E-state index in [1.165, 1.54) is 53.8 Å². The molecule has 5 aliphatic rings. The number of nitrogens with zero attached hydrogens (tertiary/aromatic N) is 1. The van der Waals surface area contributed by atoms with Crippen LogP contribution in [0, 0.1) is 30.6 Å². The van der Waals surface area contributed by atoms with Gasteiger partial charge in [0, 0.05) is 11.3 Å². The van der Waals surface area contributed by atoms with E-state index in [9.17, 15) is 0 Å². The molecule has 144 valence electrons. The number of para-hydroxylation sites is 1. The van der Waals surface area contributed by atoms with Crippen molar-refractivity contribution < 1.29 is 4.42 Å². The Morgan fingerprint density at radius 2 is 1.71 bits per heavy atom. The summed E-state index contributed by atoms with van der Waals surface area (Å²) < 4.78 is 7.99. The van der Waals surface area contributed by atoms with Crippen LogP contribution in [0.5, 0.6) is 0 Å². The fourth-order valence-corrected chi connectivity index (χ4v) is 8.95. The number of rotatable bonds is 1. The molecule has 3 aromatic rings. The van der Waals surface area contributed by atoms with Gasteiger partial charge in [-0.1, -0.05) is 18.2 Å². The van der Waals surface area contributed by atoms with Crippen LogP contribution in [0.3, 0.4) is 0 Å². The van der Waals surface area contributed by atoms with Crippen LogP contribution < -0.4 is 4.90 Å². The maximum Gasteiger partial charge on any atom is 0.145 e. The Hall–Kier alpha value is -1.74. The lowest BCUT2D eigenvalue weighted by Crippen LogP contribution is -2.62. The molecule has 8 rings (SSSR count). The Morgan fingerprint density at radius 3 is 2.43 bits per heavy atom. The summed E-state index contributed by atoms with van der Waals surface area (Å²) in [6, 6.07) is 11.5. The van der Waals surface area contributed by atoms with Gasteiger partial charge in [-0.3, -0.25) is 0 Å². The highest BCUT2D eigenvalue weighted by atomic mass is 32.1. The molecule has 1 spiro atoms. The molecule has 3 heterocycles. The van der Waals surface area contributed by atoms with Gasteiger partial charge in [0.25, 0.3) is 0 Å². The van der Waals surface area contributed by atoms with E-state index >= 15 is 0 Å². The topological polar surface area (TPSA) is 16.4 Å². The minimum atomic E-state index is 0.143. The van der Waals surface area contributed by atoms with E-state index < -0.39 is 0 Å². The monoisotopic (exact) mass is 389 g/mol. The molecular formula is C25H27NOS. The molecule has 1 aromatic carbocycles. The summed E-state index contributed by atoms with van der Waals surface area (Å²) in [5.41, 5.74) is 5.68. The first-order valence-electron chi connectivity index (χ1n) is 11.0. The number of hydrogen-bond donors (Lipinski definition) is 0. The van der Waals surface area contributed by atoms with E-state index in [1.807, 2.05) is 11.3 Å². The highest BCUT2D eigenvalue weighted by Crippen LogP contribution is 2.70. The average molecular weight is 390 g/mol. The molecule has 0 amide bonds. The first-order valence-corrected chi connectivity index (χ1v) is 11.9. The largest absolute Gasteiger partial charge is 0.458 e. The Labute approximate surface area is 170 Å². The molecule has 2 nitrogen and oxygen atoms in total. The van der Waals surface area contributed by atoms with Gasteiger partial charge in [-0.05, 0) is 92.7 Å². The normalized spacial score (nSPS) is 38.1. The van der Waals surface area contributed by atoms with Gasteiger partial charge < -0.3 is 9.32 Å². The van der Waals surface area contributed by atoms with Crippen molar-refractivity contribution in [3.8, 4) is 0 Å². The van der Waals surface area contributed by atoms with Crippen molar-refractivity contribution in [1.29, 1.82) is 0 Å². The summed E-state index contributed by atoms with van der Waals surface area (Å²) in [5, 5.41) is 2.22. The molecule has 0 radical (unpaired) electrons. The van der Waals surface area contributed by atoms with E-state index in [0.29, 0.717) is 6.04 Å². The van der Waals surface area contributed by atoms with E-state index in [-0.39, 0.29) is 5.54 Å². The second kappa shape index (κ2) is 5.24. The van der Waals surface area contributed by atoms with Crippen LogP contribution in [-0.2, 0) is 5.54 Å². The maximum atomic E-state index is 6.55. The number of furan rings is 1. The third kappa shape index (κ3) is 1.72. The number of aryl methyl sites for hydroxylation is 1. The fourth-order valence-electron chi connectivity index (χ4n) is 8.02. The Bertz CT molecular complexity index is 1060. The molecular weight excluding hydrogens is 362 g/mol. The lowest BCUT2D eigenvalue weighted by molar-refractivity contribution is -0.0595. The smallest absolute Gasteiger partial charge is 0.145 e. The van der Waals surface area contributed by atoms with E-state index in [2.05, 4.69) is 54.5 Å². The Morgan fingerprint density at radius 1 is 1.00 bits per heavy atom. The van der Waals surface area contributed by atoms with Crippen LogP contribution in [0.4, 0.5) is 5.69 Å². The lowest BCUT2D eigenvalue weighted by atomic mass is 9.47. The van der Waals surface area contributed by atoms with Gasteiger partial charge in [-0.15, -0.1) is 11.3 Å². The minimum absolute atomic E-state index is 0.143. The Kier molecular flexibility index (Phi) is 3.01. The molecule has 4 fully saturated rings. The highest BCUT2D eigenvalue weighted by Gasteiger charge is 2.66. The molecule has 4 bridgehead atoms. The highest BCUT2D eigenvalue weighted by molar-refractivity contribution is 7.17. The maximum absolute atomic E-state index is 6.55. The fraction of sp³-hybridized carbons (Fsp3) is 0.520. The number of benzene rings is 1. The van der Waals surface area contributed by atoms with Crippen LogP contribution in [0.15, 0.2) is 40.1 Å². The average Bonchev–Trinajstić information content (AvgIpc) is 3.32. The van der Waals surface area contributed by atoms with E-state index in [4.69, 9.17) is 4.42 Å². The molecule has 0 N–H and O–H groups in total. The number of fused-ring (bicyclic) bond motifs is 3. The number of hydrogen-bond acceptors (Lipinski definition) is 3. The van der Waals surface area contributed by atoms with E-state index in [1.54, 1.807) is 5.56 Å². The third-order valence-electron chi connectivity index (χ3n) is 8.65. The molecule has 1 aliphatic heterocycles. The molecule has 4 saturated carbocycles.